The highest BCUT2D eigenvalue weighted by Gasteiger charge is 2.40. The van der Waals surface area contributed by atoms with Gasteiger partial charge in [0, 0.05) is 56.3 Å². The van der Waals surface area contributed by atoms with Crippen molar-refractivity contribution in [1.29, 1.82) is 0 Å². The summed E-state index contributed by atoms with van der Waals surface area (Å²) < 4.78 is 42.1. The molecule has 43 heavy (non-hydrogen) atoms. The molecule has 226 valence electrons. The lowest BCUT2D eigenvalue weighted by Crippen LogP contribution is -2.48. The molecule has 3 N–H and O–H groups in total. The third-order valence-corrected chi connectivity index (χ3v) is 8.23. The lowest BCUT2D eigenvalue weighted by atomic mass is 10.1. The van der Waals surface area contributed by atoms with Crippen LogP contribution in [0.5, 0.6) is 0 Å². The van der Waals surface area contributed by atoms with E-state index < -0.39 is 29.5 Å². The quantitative estimate of drug-likeness (QED) is 0.364. The van der Waals surface area contributed by atoms with Crippen molar-refractivity contribution in [1.82, 2.24) is 19.8 Å². The van der Waals surface area contributed by atoms with Gasteiger partial charge in [0.2, 0.25) is 11.9 Å². The average molecular weight is 595 g/mol. The van der Waals surface area contributed by atoms with Gasteiger partial charge in [-0.25, -0.2) is 4.98 Å². The second-order valence-electron chi connectivity index (χ2n) is 11.2. The van der Waals surface area contributed by atoms with Crippen LogP contribution < -0.4 is 20.9 Å². The number of carbonyl (C=O) groups is 2. The maximum absolute atomic E-state index is 14.0. The molecule has 1 aromatic heterocycles. The number of hydrogen-bond donors (Lipinski definition) is 3. The first kappa shape index (κ1) is 28.7. The summed E-state index contributed by atoms with van der Waals surface area (Å²) in [5.41, 5.74) is 1.02. The van der Waals surface area contributed by atoms with E-state index in [1.807, 2.05) is 24.3 Å². The number of nitrogens with one attached hydrogen (secondary N) is 3. The van der Waals surface area contributed by atoms with Gasteiger partial charge in [-0.1, -0.05) is 6.07 Å². The van der Waals surface area contributed by atoms with Crippen molar-refractivity contribution in [3.8, 4) is 0 Å². The van der Waals surface area contributed by atoms with Crippen LogP contribution in [0.1, 0.15) is 42.6 Å². The summed E-state index contributed by atoms with van der Waals surface area (Å²) in [5.74, 6) is -1.30. The predicted octanol–water partition coefficient (Wildman–Crippen LogP) is 5.07. The molecule has 0 saturated carbocycles. The summed E-state index contributed by atoms with van der Waals surface area (Å²) in [6.07, 6.45) is -2.85. The van der Waals surface area contributed by atoms with Crippen LogP contribution in [-0.4, -0.2) is 76.4 Å². The Balaban J connectivity index is 1.25. The smallest absolute Gasteiger partial charge is 0.369 e. The zero-order valence-corrected chi connectivity index (χ0v) is 23.9. The molecule has 2 amide bonds. The Bertz CT molecular complexity index is 1520. The Morgan fingerprint density at radius 1 is 0.977 bits per heavy atom. The van der Waals surface area contributed by atoms with E-state index in [0.29, 0.717) is 37.3 Å². The molecule has 2 fully saturated rings. The summed E-state index contributed by atoms with van der Waals surface area (Å²) in [6.45, 7) is 8.56. The number of rotatable bonds is 6. The Hall–Kier alpha value is -4.39. The highest BCUT2D eigenvalue weighted by molar-refractivity contribution is 6.13. The van der Waals surface area contributed by atoms with E-state index in [-0.39, 0.29) is 28.8 Å². The molecule has 6 rings (SSSR count). The van der Waals surface area contributed by atoms with Crippen molar-refractivity contribution in [3.05, 3.63) is 59.8 Å². The Labute approximate surface area is 247 Å². The molecule has 13 heteroatoms. The predicted molar refractivity (Wildman–Crippen MR) is 158 cm³/mol. The maximum atomic E-state index is 14.0. The van der Waals surface area contributed by atoms with Crippen molar-refractivity contribution >= 4 is 46.3 Å². The number of halogens is 3. The lowest BCUT2D eigenvalue weighted by Gasteiger charge is -2.38. The zero-order chi connectivity index (χ0) is 30.3. The van der Waals surface area contributed by atoms with Crippen LogP contribution in [0, 0.1) is 0 Å². The van der Waals surface area contributed by atoms with E-state index in [2.05, 4.69) is 49.6 Å². The molecule has 0 unspecified atom stereocenters. The van der Waals surface area contributed by atoms with E-state index in [0.717, 1.165) is 31.9 Å². The molecule has 2 aromatic carbocycles. The summed E-state index contributed by atoms with van der Waals surface area (Å²) >= 11 is 0. The number of piperazine rings is 1. The normalized spacial score (nSPS) is 19.2. The van der Waals surface area contributed by atoms with Gasteiger partial charge in [-0.15, -0.1) is 0 Å². The first-order valence-corrected chi connectivity index (χ1v) is 14.4. The number of fused-ring (bicyclic) bond motifs is 2. The van der Waals surface area contributed by atoms with Gasteiger partial charge < -0.3 is 25.8 Å². The molecule has 0 bridgehead atoms. The topological polar surface area (TPSA) is 106 Å². The van der Waals surface area contributed by atoms with Crippen molar-refractivity contribution in [2.45, 2.75) is 44.9 Å². The number of hydrogen-bond acceptors (Lipinski definition) is 8. The van der Waals surface area contributed by atoms with E-state index in [1.165, 1.54) is 11.0 Å². The van der Waals surface area contributed by atoms with Gasteiger partial charge in [0.1, 0.15) is 17.4 Å². The summed E-state index contributed by atoms with van der Waals surface area (Å²) in [5, 5.41) is 8.48. The minimum atomic E-state index is -4.76. The number of nitrogens with zero attached hydrogens (tertiary/aromatic N) is 5. The molecule has 3 aliphatic heterocycles. The number of alkyl halides is 3. The van der Waals surface area contributed by atoms with E-state index in [4.69, 9.17) is 0 Å². The van der Waals surface area contributed by atoms with Gasteiger partial charge in [-0.2, -0.15) is 18.2 Å². The van der Waals surface area contributed by atoms with E-state index >= 15 is 0 Å². The summed E-state index contributed by atoms with van der Waals surface area (Å²) in [6, 6.07) is 12.1. The Morgan fingerprint density at radius 3 is 2.42 bits per heavy atom. The average Bonchev–Trinajstić information content (AvgIpc) is 3.44. The molecule has 4 heterocycles. The first-order valence-electron chi connectivity index (χ1n) is 14.4. The molecular formula is C30H33F3N8O2. The van der Waals surface area contributed by atoms with Gasteiger partial charge >= 0.3 is 6.18 Å². The monoisotopic (exact) mass is 594 g/mol. The summed E-state index contributed by atoms with van der Waals surface area (Å²) in [4.78, 5) is 40.5. The molecule has 2 saturated heterocycles. The standard InChI is InChI=1S/C30H33F3N8O2/c1-18(2)39-13-15-40(16-14-39)20-10-8-19(9-11-20)35-29-34-17-21(30(31,32)33)26(38-29)36-22-5-3-6-23-25(22)28(43)41-12-4-7-24(41)27(42)37-23/h3,5-6,8-11,17-18,24H,4,7,12-16H2,1-2H3,(H,37,42)(H2,34,35,36,38)/t24-/m0/s1. The van der Waals surface area contributed by atoms with Crippen molar-refractivity contribution < 1.29 is 22.8 Å². The molecule has 0 aliphatic carbocycles. The van der Waals surface area contributed by atoms with E-state index in [9.17, 15) is 22.8 Å². The molecule has 1 atom stereocenters. The van der Waals surface area contributed by atoms with Gasteiger partial charge in [-0.3, -0.25) is 14.5 Å². The highest BCUT2D eigenvalue weighted by atomic mass is 19.4. The second kappa shape index (κ2) is 11.4. The first-order chi connectivity index (χ1) is 20.6. The number of amides is 2. The van der Waals surface area contributed by atoms with Crippen LogP contribution in [0.4, 0.5) is 47.7 Å². The lowest BCUT2D eigenvalue weighted by molar-refractivity contribution is -0.137. The van der Waals surface area contributed by atoms with Crippen molar-refractivity contribution in [2.75, 3.05) is 53.6 Å². The number of anilines is 6. The second-order valence-corrected chi connectivity index (χ2v) is 11.2. The molecule has 0 radical (unpaired) electrons. The van der Waals surface area contributed by atoms with Crippen LogP contribution in [0.3, 0.4) is 0 Å². The van der Waals surface area contributed by atoms with Crippen LogP contribution in [0.15, 0.2) is 48.7 Å². The number of benzene rings is 2. The third kappa shape index (κ3) is 5.81. The fraction of sp³-hybridized carbons (Fsp3) is 0.400. The molecular weight excluding hydrogens is 561 g/mol. The largest absolute Gasteiger partial charge is 0.421 e. The van der Waals surface area contributed by atoms with Gasteiger partial charge in [0.25, 0.3) is 5.91 Å². The third-order valence-electron chi connectivity index (χ3n) is 8.23. The van der Waals surface area contributed by atoms with Crippen LogP contribution >= 0.6 is 0 Å². The zero-order valence-electron chi connectivity index (χ0n) is 23.9. The maximum Gasteiger partial charge on any atom is 0.421 e. The van der Waals surface area contributed by atoms with Crippen molar-refractivity contribution in [3.63, 3.8) is 0 Å². The summed E-state index contributed by atoms with van der Waals surface area (Å²) in [7, 11) is 0. The fourth-order valence-electron chi connectivity index (χ4n) is 5.89. The molecule has 10 nitrogen and oxygen atoms in total. The number of carbonyl (C=O) groups excluding carboxylic acids is 2. The van der Waals surface area contributed by atoms with Crippen LogP contribution in [-0.2, 0) is 11.0 Å². The van der Waals surface area contributed by atoms with Gasteiger partial charge in [0.15, 0.2) is 0 Å². The van der Waals surface area contributed by atoms with Crippen LogP contribution in [0.25, 0.3) is 0 Å². The highest BCUT2D eigenvalue weighted by Crippen LogP contribution is 2.38. The fourth-order valence-corrected chi connectivity index (χ4v) is 5.89. The SMILES string of the molecule is CC(C)N1CCN(c2ccc(Nc3ncc(C(F)(F)F)c(Nc4cccc5c4C(=O)N4CCC[C@H]4C(=O)N5)n3)cc2)CC1. The number of aromatic nitrogens is 2. The molecule has 3 aromatic rings. The minimum absolute atomic E-state index is 0.0462. The molecule has 3 aliphatic rings. The Kier molecular flexibility index (Phi) is 7.59. The Morgan fingerprint density at radius 2 is 1.72 bits per heavy atom. The molecule has 0 spiro atoms. The van der Waals surface area contributed by atoms with Gasteiger partial charge in [0.05, 0.1) is 16.9 Å². The van der Waals surface area contributed by atoms with Gasteiger partial charge in [-0.05, 0) is 63.1 Å². The van der Waals surface area contributed by atoms with E-state index in [1.54, 1.807) is 12.1 Å². The van der Waals surface area contributed by atoms with Crippen LogP contribution in [0.2, 0.25) is 0 Å². The minimum Gasteiger partial charge on any atom is -0.369 e. The van der Waals surface area contributed by atoms with Crippen molar-refractivity contribution in [2.24, 2.45) is 0 Å².